The summed E-state index contributed by atoms with van der Waals surface area (Å²) < 4.78 is 0. The Kier molecular flexibility index (Phi) is 10.3. The van der Waals surface area contributed by atoms with Gasteiger partial charge in [-0.3, -0.25) is 9.59 Å². The number of allylic oxidation sites excluding steroid dienone is 1. The van der Waals surface area contributed by atoms with Gasteiger partial charge in [-0.15, -0.1) is 0 Å². The van der Waals surface area contributed by atoms with Crippen molar-refractivity contribution >= 4 is 11.9 Å². The van der Waals surface area contributed by atoms with E-state index in [0.29, 0.717) is 0 Å². The third-order valence-corrected chi connectivity index (χ3v) is 2.54. The highest BCUT2D eigenvalue weighted by Gasteiger charge is 1.96. The smallest absolute Gasteiger partial charge is 0.303 e. The van der Waals surface area contributed by atoms with Crippen LogP contribution in [0, 0.1) is 0 Å². The lowest BCUT2D eigenvalue weighted by Crippen LogP contribution is -2.05. The van der Waals surface area contributed by atoms with Gasteiger partial charge in [0.2, 0.25) is 5.91 Å². The summed E-state index contributed by atoms with van der Waals surface area (Å²) >= 11 is 0. The van der Waals surface area contributed by atoms with E-state index >= 15 is 0 Å². The number of primary amides is 1. The van der Waals surface area contributed by atoms with E-state index in [2.05, 4.69) is 0 Å². The first-order valence-corrected chi connectivity index (χ1v) is 6.30. The fourth-order valence-electron chi connectivity index (χ4n) is 1.62. The number of rotatable bonds is 11. The van der Waals surface area contributed by atoms with Gasteiger partial charge in [-0.2, -0.15) is 0 Å². The molecule has 0 bridgehead atoms. The largest absolute Gasteiger partial charge is 0.481 e. The molecule has 0 rings (SSSR count). The van der Waals surface area contributed by atoms with Crippen molar-refractivity contribution in [2.75, 3.05) is 0 Å². The first kappa shape index (κ1) is 15.7. The monoisotopic (exact) mass is 241 g/mol. The molecule has 0 radical (unpaired) electrons. The zero-order valence-corrected chi connectivity index (χ0v) is 10.4. The van der Waals surface area contributed by atoms with E-state index in [-0.39, 0.29) is 12.3 Å². The van der Waals surface area contributed by atoms with Crippen molar-refractivity contribution in [2.24, 2.45) is 5.73 Å². The van der Waals surface area contributed by atoms with Crippen LogP contribution in [0.3, 0.4) is 0 Å². The Morgan fingerprint density at radius 2 is 1.47 bits per heavy atom. The Morgan fingerprint density at radius 1 is 0.941 bits per heavy atom. The molecule has 3 N–H and O–H groups in total. The fourth-order valence-corrected chi connectivity index (χ4v) is 1.62. The highest BCUT2D eigenvalue weighted by atomic mass is 16.4. The predicted molar refractivity (Wildman–Crippen MR) is 67.5 cm³/mol. The summed E-state index contributed by atoms with van der Waals surface area (Å²) in [4.78, 5) is 20.6. The summed E-state index contributed by atoms with van der Waals surface area (Å²) in [6, 6.07) is 0. The average Bonchev–Trinajstić information content (AvgIpc) is 2.25. The molecule has 0 aliphatic rings. The third-order valence-electron chi connectivity index (χ3n) is 2.54. The molecule has 0 aromatic rings. The summed E-state index contributed by atoms with van der Waals surface area (Å²) in [6.45, 7) is 0. The summed E-state index contributed by atoms with van der Waals surface area (Å²) in [7, 11) is 0. The maximum atomic E-state index is 10.4. The lowest BCUT2D eigenvalue weighted by Gasteiger charge is -1.99. The second kappa shape index (κ2) is 11.2. The van der Waals surface area contributed by atoms with Crippen molar-refractivity contribution in [1.82, 2.24) is 0 Å². The molecule has 4 nitrogen and oxygen atoms in total. The number of carbonyl (C=O) groups excluding carboxylic acids is 1. The lowest BCUT2D eigenvalue weighted by atomic mass is 10.1. The van der Waals surface area contributed by atoms with E-state index in [1.54, 1.807) is 0 Å². The predicted octanol–water partition coefficient (Wildman–Crippen LogP) is 2.62. The van der Waals surface area contributed by atoms with Crippen LogP contribution in [0.15, 0.2) is 12.2 Å². The molecule has 17 heavy (non-hydrogen) atoms. The van der Waals surface area contributed by atoms with E-state index in [9.17, 15) is 9.59 Å². The van der Waals surface area contributed by atoms with Crippen molar-refractivity contribution < 1.29 is 14.7 Å². The van der Waals surface area contributed by atoms with Gasteiger partial charge in [-0.25, -0.2) is 0 Å². The number of nitrogens with two attached hydrogens (primary N) is 1. The summed E-state index contributed by atoms with van der Waals surface area (Å²) in [5.74, 6) is -1.09. The van der Waals surface area contributed by atoms with Crippen LogP contribution < -0.4 is 5.73 Å². The number of carbonyl (C=O) groups is 2. The molecule has 0 aromatic heterocycles. The van der Waals surface area contributed by atoms with Gasteiger partial charge in [0, 0.05) is 6.42 Å². The number of aliphatic carboxylic acids is 1. The van der Waals surface area contributed by atoms with Crippen LogP contribution >= 0.6 is 0 Å². The normalized spacial score (nSPS) is 10.8. The van der Waals surface area contributed by atoms with Gasteiger partial charge in [-0.05, 0) is 25.3 Å². The molecule has 0 atom stereocenters. The van der Waals surface area contributed by atoms with Crippen LogP contribution in [0.25, 0.3) is 0 Å². The molecule has 0 aliphatic carbocycles. The number of hydrogen-bond acceptors (Lipinski definition) is 2. The highest BCUT2D eigenvalue weighted by Crippen LogP contribution is 2.09. The van der Waals surface area contributed by atoms with E-state index in [1.165, 1.54) is 18.9 Å². The number of carboxylic acid groups (broad SMARTS) is 1. The van der Waals surface area contributed by atoms with Gasteiger partial charge in [0.25, 0.3) is 0 Å². The zero-order chi connectivity index (χ0) is 12.9. The third kappa shape index (κ3) is 14.7. The first-order valence-electron chi connectivity index (χ1n) is 6.30. The van der Waals surface area contributed by atoms with Gasteiger partial charge < -0.3 is 10.8 Å². The van der Waals surface area contributed by atoms with Crippen LogP contribution in [0.2, 0.25) is 0 Å². The van der Waals surface area contributed by atoms with E-state index < -0.39 is 5.97 Å². The molecule has 0 spiro atoms. The number of carboxylic acids is 1. The molecule has 0 aromatic carbocycles. The molecule has 98 valence electrons. The second-order valence-corrected chi connectivity index (χ2v) is 4.21. The molecule has 0 fully saturated rings. The van der Waals surface area contributed by atoms with Gasteiger partial charge in [0.05, 0.1) is 0 Å². The van der Waals surface area contributed by atoms with Gasteiger partial charge in [0.15, 0.2) is 0 Å². The van der Waals surface area contributed by atoms with Gasteiger partial charge in [-0.1, -0.05) is 38.2 Å². The maximum Gasteiger partial charge on any atom is 0.303 e. The van der Waals surface area contributed by atoms with E-state index in [4.69, 9.17) is 10.8 Å². The minimum Gasteiger partial charge on any atom is -0.481 e. The standard InChI is InChI=1S/C13H23NO3/c14-12(15)10-8-6-4-2-1-3-5-7-9-11-13(16)17/h8,10H,1-7,9,11H2,(H2,14,15)(H,16,17). The Morgan fingerprint density at radius 3 is 2.00 bits per heavy atom. The average molecular weight is 241 g/mol. The molecular weight excluding hydrogens is 218 g/mol. The number of amides is 1. The SMILES string of the molecule is NC(=O)C=CCCCCCCCCCC(=O)O. The van der Waals surface area contributed by atoms with E-state index in [0.717, 1.165) is 38.5 Å². The topological polar surface area (TPSA) is 80.4 Å². The lowest BCUT2D eigenvalue weighted by molar-refractivity contribution is -0.137. The van der Waals surface area contributed by atoms with Crippen molar-refractivity contribution in [3.05, 3.63) is 12.2 Å². The quantitative estimate of drug-likeness (QED) is 0.431. The van der Waals surface area contributed by atoms with Crippen LogP contribution in [0.4, 0.5) is 0 Å². The molecule has 4 heteroatoms. The second-order valence-electron chi connectivity index (χ2n) is 4.21. The van der Waals surface area contributed by atoms with Crippen LogP contribution in [0.1, 0.15) is 57.8 Å². The maximum absolute atomic E-state index is 10.4. The minimum absolute atomic E-state index is 0.290. The van der Waals surface area contributed by atoms with Crippen molar-refractivity contribution in [1.29, 1.82) is 0 Å². The first-order chi connectivity index (χ1) is 8.13. The zero-order valence-electron chi connectivity index (χ0n) is 10.4. The van der Waals surface area contributed by atoms with Crippen LogP contribution in [0.5, 0.6) is 0 Å². The Labute approximate surface area is 103 Å². The summed E-state index contributed by atoms with van der Waals surface area (Å²) in [5, 5.41) is 8.44. The molecule has 0 aliphatic heterocycles. The molecule has 0 saturated heterocycles. The Bertz CT molecular complexity index is 249. The van der Waals surface area contributed by atoms with Crippen molar-refractivity contribution in [3.63, 3.8) is 0 Å². The van der Waals surface area contributed by atoms with Gasteiger partial charge in [0.1, 0.15) is 0 Å². The summed E-state index contributed by atoms with van der Waals surface area (Å²) in [6.07, 6.45) is 11.9. The molecule has 0 saturated carbocycles. The molecule has 1 amide bonds. The minimum atomic E-state index is -0.703. The molecule has 0 heterocycles. The number of hydrogen-bond donors (Lipinski definition) is 2. The van der Waals surface area contributed by atoms with E-state index in [1.807, 2.05) is 6.08 Å². The Hall–Kier alpha value is -1.32. The fraction of sp³-hybridized carbons (Fsp3) is 0.692. The highest BCUT2D eigenvalue weighted by molar-refractivity contribution is 5.85. The number of unbranched alkanes of at least 4 members (excludes halogenated alkanes) is 7. The van der Waals surface area contributed by atoms with Gasteiger partial charge >= 0.3 is 5.97 Å². The summed E-state index contributed by atoms with van der Waals surface area (Å²) in [5.41, 5.74) is 4.96. The van der Waals surface area contributed by atoms with Crippen LogP contribution in [-0.4, -0.2) is 17.0 Å². The van der Waals surface area contributed by atoms with Crippen molar-refractivity contribution in [2.45, 2.75) is 57.8 Å². The van der Waals surface area contributed by atoms with Crippen molar-refractivity contribution in [3.8, 4) is 0 Å². The Balaban J connectivity index is 3.08. The molecule has 0 unspecified atom stereocenters. The van der Waals surface area contributed by atoms with Crippen LogP contribution in [-0.2, 0) is 9.59 Å². The molecular formula is C13H23NO3.